The zero-order valence-corrected chi connectivity index (χ0v) is 12.8. The van der Waals surface area contributed by atoms with Gasteiger partial charge in [0.25, 0.3) is 0 Å². The van der Waals surface area contributed by atoms with Gasteiger partial charge in [-0.3, -0.25) is 0 Å². The predicted octanol–water partition coefficient (Wildman–Crippen LogP) is 2.44. The van der Waals surface area contributed by atoms with Crippen LogP contribution in [0.15, 0.2) is 22.7 Å². The molecule has 3 nitrogen and oxygen atoms in total. The Kier molecular flexibility index (Phi) is 4.65. The molecule has 0 aromatic heterocycles. The molecule has 0 bridgehead atoms. The smallest absolute Gasteiger partial charge is 0.0413 e. The SMILES string of the molecule is CN(C)C1CCCN(c2ccc(Br)cc2CN)C1. The van der Waals surface area contributed by atoms with Gasteiger partial charge in [-0.25, -0.2) is 0 Å². The van der Waals surface area contributed by atoms with Gasteiger partial charge in [0.05, 0.1) is 0 Å². The molecule has 0 spiro atoms. The Morgan fingerprint density at radius 2 is 2.22 bits per heavy atom. The fourth-order valence-corrected chi connectivity index (χ4v) is 3.03. The number of benzene rings is 1. The molecule has 1 saturated heterocycles. The topological polar surface area (TPSA) is 32.5 Å². The highest BCUT2D eigenvalue weighted by atomic mass is 79.9. The number of rotatable bonds is 3. The summed E-state index contributed by atoms with van der Waals surface area (Å²) in [6, 6.07) is 7.07. The molecule has 1 aliphatic heterocycles. The maximum Gasteiger partial charge on any atom is 0.0413 e. The summed E-state index contributed by atoms with van der Waals surface area (Å²) in [4.78, 5) is 4.80. The van der Waals surface area contributed by atoms with E-state index >= 15 is 0 Å². The average molecular weight is 312 g/mol. The van der Waals surface area contributed by atoms with Crippen LogP contribution in [0.1, 0.15) is 18.4 Å². The first-order valence-corrected chi connectivity index (χ1v) is 7.31. The Morgan fingerprint density at radius 3 is 2.89 bits per heavy atom. The quantitative estimate of drug-likeness (QED) is 0.930. The van der Waals surface area contributed by atoms with Crippen LogP contribution < -0.4 is 10.6 Å². The molecule has 0 aliphatic carbocycles. The number of piperidine rings is 1. The van der Waals surface area contributed by atoms with Crippen LogP contribution in [-0.2, 0) is 6.54 Å². The molecular formula is C14H22BrN3. The van der Waals surface area contributed by atoms with Gasteiger partial charge in [0.2, 0.25) is 0 Å². The molecule has 18 heavy (non-hydrogen) atoms. The summed E-state index contributed by atoms with van der Waals surface area (Å²) >= 11 is 3.51. The van der Waals surface area contributed by atoms with Gasteiger partial charge in [-0.05, 0) is 50.7 Å². The van der Waals surface area contributed by atoms with E-state index in [4.69, 9.17) is 5.73 Å². The molecule has 0 saturated carbocycles. The molecule has 4 heteroatoms. The van der Waals surface area contributed by atoms with Crippen molar-refractivity contribution in [1.82, 2.24) is 4.90 Å². The Bertz CT molecular complexity index is 406. The molecule has 0 amide bonds. The predicted molar refractivity (Wildman–Crippen MR) is 81.0 cm³/mol. The van der Waals surface area contributed by atoms with Gasteiger partial charge in [0.15, 0.2) is 0 Å². The van der Waals surface area contributed by atoms with Crippen LogP contribution >= 0.6 is 15.9 Å². The highest BCUT2D eigenvalue weighted by molar-refractivity contribution is 9.10. The molecule has 1 unspecified atom stereocenters. The molecule has 1 aromatic rings. The Labute approximate surface area is 118 Å². The van der Waals surface area contributed by atoms with Crippen LogP contribution in [-0.4, -0.2) is 38.1 Å². The number of nitrogens with two attached hydrogens (primary N) is 1. The minimum absolute atomic E-state index is 0.595. The molecular weight excluding hydrogens is 290 g/mol. The minimum Gasteiger partial charge on any atom is -0.370 e. The average Bonchev–Trinajstić information content (AvgIpc) is 2.38. The fraction of sp³-hybridized carbons (Fsp3) is 0.571. The summed E-state index contributed by atoms with van der Waals surface area (Å²) in [6.07, 6.45) is 2.54. The number of anilines is 1. The molecule has 2 N–H and O–H groups in total. The molecule has 1 fully saturated rings. The number of halogens is 1. The lowest BCUT2D eigenvalue weighted by Crippen LogP contribution is -2.45. The lowest BCUT2D eigenvalue weighted by molar-refractivity contribution is 0.258. The Hall–Kier alpha value is -0.580. The second kappa shape index (κ2) is 6.04. The van der Waals surface area contributed by atoms with Crippen molar-refractivity contribution in [3.63, 3.8) is 0 Å². The van der Waals surface area contributed by atoms with E-state index in [1.165, 1.54) is 24.1 Å². The fourth-order valence-electron chi connectivity index (χ4n) is 2.62. The number of likely N-dealkylation sites (N-methyl/N-ethyl adjacent to an activating group) is 1. The first-order valence-electron chi connectivity index (χ1n) is 6.51. The van der Waals surface area contributed by atoms with Crippen LogP contribution in [0.3, 0.4) is 0 Å². The molecule has 2 rings (SSSR count). The lowest BCUT2D eigenvalue weighted by atomic mass is 10.0. The Morgan fingerprint density at radius 1 is 1.44 bits per heavy atom. The second-order valence-electron chi connectivity index (χ2n) is 5.18. The van der Waals surface area contributed by atoms with Gasteiger partial charge in [0, 0.05) is 35.8 Å². The van der Waals surface area contributed by atoms with Crippen LogP contribution in [0.2, 0.25) is 0 Å². The van der Waals surface area contributed by atoms with Crippen molar-refractivity contribution in [2.45, 2.75) is 25.4 Å². The van der Waals surface area contributed by atoms with Crippen molar-refractivity contribution in [2.75, 3.05) is 32.1 Å². The largest absolute Gasteiger partial charge is 0.370 e. The summed E-state index contributed by atoms with van der Waals surface area (Å²) in [7, 11) is 4.33. The van der Waals surface area contributed by atoms with Crippen molar-refractivity contribution in [1.29, 1.82) is 0 Å². The molecule has 1 aromatic carbocycles. The molecule has 0 radical (unpaired) electrons. The Balaban J connectivity index is 2.20. The molecule has 100 valence electrons. The highest BCUT2D eigenvalue weighted by Gasteiger charge is 2.22. The zero-order chi connectivity index (χ0) is 13.1. The van der Waals surface area contributed by atoms with E-state index in [9.17, 15) is 0 Å². The van der Waals surface area contributed by atoms with E-state index < -0.39 is 0 Å². The van der Waals surface area contributed by atoms with E-state index in [1.54, 1.807) is 0 Å². The van der Waals surface area contributed by atoms with Crippen LogP contribution in [0.25, 0.3) is 0 Å². The van der Waals surface area contributed by atoms with Crippen molar-refractivity contribution < 1.29 is 0 Å². The normalized spacial score (nSPS) is 20.5. The van der Waals surface area contributed by atoms with Gasteiger partial charge >= 0.3 is 0 Å². The van der Waals surface area contributed by atoms with Gasteiger partial charge in [0.1, 0.15) is 0 Å². The first kappa shape index (κ1) is 13.8. The maximum absolute atomic E-state index is 5.86. The molecule has 1 heterocycles. The van der Waals surface area contributed by atoms with Crippen LogP contribution in [0.5, 0.6) is 0 Å². The monoisotopic (exact) mass is 311 g/mol. The molecule has 1 aliphatic rings. The third kappa shape index (κ3) is 3.05. The summed E-state index contributed by atoms with van der Waals surface area (Å²) in [5.74, 6) is 0. The van der Waals surface area contributed by atoms with E-state index in [0.717, 1.165) is 17.6 Å². The number of hydrogen-bond donors (Lipinski definition) is 1. The third-order valence-electron chi connectivity index (χ3n) is 3.73. The summed E-state index contributed by atoms with van der Waals surface area (Å²) < 4.78 is 1.10. The van der Waals surface area contributed by atoms with Crippen molar-refractivity contribution in [2.24, 2.45) is 5.73 Å². The van der Waals surface area contributed by atoms with Crippen LogP contribution in [0, 0.1) is 0 Å². The van der Waals surface area contributed by atoms with Crippen molar-refractivity contribution in [3.05, 3.63) is 28.2 Å². The van der Waals surface area contributed by atoms with Crippen molar-refractivity contribution in [3.8, 4) is 0 Å². The number of hydrogen-bond acceptors (Lipinski definition) is 3. The van der Waals surface area contributed by atoms with Crippen molar-refractivity contribution >= 4 is 21.6 Å². The van der Waals surface area contributed by atoms with Crippen LogP contribution in [0.4, 0.5) is 5.69 Å². The van der Waals surface area contributed by atoms with Gasteiger partial charge in [-0.2, -0.15) is 0 Å². The number of nitrogens with zero attached hydrogens (tertiary/aromatic N) is 2. The summed E-state index contributed by atoms with van der Waals surface area (Å²) in [5.41, 5.74) is 8.39. The van der Waals surface area contributed by atoms with E-state index in [-0.39, 0.29) is 0 Å². The lowest BCUT2D eigenvalue weighted by Gasteiger charge is -2.38. The highest BCUT2D eigenvalue weighted by Crippen LogP contribution is 2.27. The standard InChI is InChI=1S/C14H22BrN3/c1-17(2)13-4-3-7-18(10-13)14-6-5-12(15)8-11(14)9-16/h5-6,8,13H,3-4,7,9-10,16H2,1-2H3. The maximum atomic E-state index is 5.86. The zero-order valence-electron chi connectivity index (χ0n) is 11.2. The van der Waals surface area contributed by atoms with E-state index in [0.29, 0.717) is 12.6 Å². The third-order valence-corrected chi connectivity index (χ3v) is 4.22. The minimum atomic E-state index is 0.595. The van der Waals surface area contributed by atoms with E-state index in [2.05, 4.69) is 58.0 Å². The van der Waals surface area contributed by atoms with E-state index in [1.807, 2.05) is 0 Å². The second-order valence-corrected chi connectivity index (χ2v) is 6.10. The molecule has 1 atom stereocenters. The van der Waals surface area contributed by atoms with Gasteiger partial charge < -0.3 is 15.5 Å². The summed E-state index contributed by atoms with van der Waals surface area (Å²) in [5, 5.41) is 0. The van der Waals surface area contributed by atoms with Gasteiger partial charge in [-0.1, -0.05) is 15.9 Å². The van der Waals surface area contributed by atoms with Gasteiger partial charge in [-0.15, -0.1) is 0 Å². The first-order chi connectivity index (χ1) is 8.61. The summed E-state index contributed by atoms with van der Waals surface area (Å²) in [6.45, 7) is 2.83.